The van der Waals surface area contributed by atoms with Crippen LogP contribution in [0.1, 0.15) is 25.8 Å². The molecular weight excluding hydrogens is 229 g/mol. The Kier molecular flexibility index (Phi) is 5.09. The molecule has 6 heteroatoms. The van der Waals surface area contributed by atoms with Crippen molar-refractivity contribution in [1.82, 2.24) is 4.98 Å². The quantitative estimate of drug-likeness (QED) is 0.615. The molecule has 0 aliphatic carbocycles. The largest absolute Gasteiger partial charge is 0.363 e. The molecule has 0 saturated heterocycles. The van der Waals surface area contributed by atoms with Crippen molar-refractivity contribution in [3.05, 3.63) is 30.1 Å². The molecule has 0 saturated carbocycles. The van der Waals surface area contributed by atoms with E-state index in [2.05, 4.69) is 4.98 Å². The summed E-state index contributed by atoms with van der Waals surface area (Å²) in [6.45, 7) is 3.68. The highest BCUT2D eigenvalue weighted by molar-refractivity contribution is 7.53. The number of pyridine rings is 1. The molecule has 16 heavy (non-hydrogen) atoms. The molecule has 0 radical (unpaired) electrons. The van der Waals surface area contributed by atoms with E-state index < -0.39 is 13.9 Å². The fourth-order valence-corrected chi connectivity index (χ4v) is 2.32. The molecule has 1 N–H and O–H groups in total. The van der Waals surface area contributed by atoms with Crippen molar-refractivity contribution in [3.63, 3.8) is 0 Å². The van der Waals surface area contributed by atoms with Gasteiger partial charge in [-0.2, -0.15) is 0 Å². The third-order valence-electron chi connectivity index (χ3n) is 1.91. The second-order valence-electron chi connectivity index (χ2n) is 3.06. The molecule has 1 aromatic rings. The highest BCUT2D eigenvalue weighted by atomic mass is 31.2. The van der Waals surface area contributed by atoms with E-state index in [0.29, 0.717) is 5.69 Å². The second-order valence-corrected chi connectivity index (χ2v) is 5.38. The van der Waals surface area contributed by atoms with E-state index in [1.807, 2.05) is 0 Å². The molecule has 0 bridgehead atoms. The van der Waals surface area contributed by atoms with E-state index in [-0.39, 0.29) is 12.8 Å². The van der Waals surface area contributed by atoms with E-state index in [1.54, 1.807) is 32.0 Å². The number of hydrogen-bond donors (Lipinski definition) is 1. The zero-order valence-electron chi connectivity index (χ0n) is 9.37. The molecule has 0 fully saturated rings. The Morgan fingerprint density at radius 2 is 2.25 bits per heavy atom. The minimum atomic E-state index is -3.21. The van der Waals surface area contributed by atoms with E-state index in [1.165, 1.54) is 6.20 Å². The zero-order chi connectivity index (χ0) is 12.0. The van der Waals surface area contributed by atoms with Gasteiger partial charge >= 0.3 is 7.60 Å². The lowest BCUT2D eigenvalue weighted by Gasteiger charge is -2.19. The standard InChI is InChI=1S/C10H16NO4P/c1-3-14-16(13,4-2)15-10(12)9-7-5-6-8-11-9/h5-8,10,12H,3-4H2,1-2H3/t10-,16+/m1/s1. The smallest absolute Gasteiger partial charge is 0.333 e. The first-order valence-electron chi connectivity index (χ1n) is 5.12. The van der Waals surface area contributed by atoms with Gasteiger partial charge in [-0.1, -0.05) is 13.0 Å². The van der Waals surface area contributed by atoms with Crippen LogP contribution in [0.2, 0.25) is 0 Å². The SMILES string of the molecule is CCO[P@@](=O)(CC)O[C@@H](O)c1ccccn1. The minimum absolute atomic E-state index is 0.213. The highest BCUT2D eigenvalue weighted by Crippen LogP contribution is 2.50. The summed E-state index contributed by atoms with van der Waals surface area (Å²) in [5.74, 6) is 0. The van der Waals surface area contributed by atoms with Crippen LogP contribution in [0.5, 0.6) is 0 Å². The number of aromatic nitrogens is 1. The molecule has 0 aliphatic rings. The van der Waals surface area contributed by atoms with Gasteiger partial charge in [-0.05, 0) is 19.1 Å². The van der Waals surface area contributed by atoms with E-state index in [4.69, 9.17) is 9.05 Å². The molecule has 0 unspecified atom stereocenters. The van der Waals surface area contributed by atoms with Crippen molar-refractivity contribution in [1.29, 1.82) is 0 Å². The first-order chi connectivity index (χ1) is 7.61. The summed E-state index contributed by atoms with van der Waals surface area (Å²) in [5.41, 5.74) is 0.316. The van der Waals surface area contributed by atoms with Crippen LogP contribution < -0.4 is 0 Å². The van der Waals surface area contributed by atoms with E-state index in [0.717, 1.165) is 0 Å². The van der Waals surface area contributed by atoms with Gasteiger partial charge in [0.05, 0.1) is 12.3 Å². The summed E-state index contributed by atoms with van der Waals surface area (Å²) in [4.78, 5) is 3.91. The summed E-state index contributed by atoms with van der Waals surface area (Å²) in [5, 5.41) is 9.68. The Bertz CT molecular complexity index is 357. The maximum atomic E-state index is 11.9. The van der Waals surface area contributed by atoms with Gasteiger partial charge < -0.3 is 9.63 Å². The zero-order valence-corrected chi connectivity index (χ0v) is 10.3. The van der Waals surface area contributed by atoms with E-state index in [9.17, 15) is 9.67 Å². The van der Waals surface area contributed by atoms with Crippen molar-refractivity contribution in [3.8, 4) is 0 Å². The van der Waals surface area contributed by atoms with Crippen LogP contribution in [0.25, 0.3) is 0 Å². The Morgan fingerprint density at radius 1 is 1.50 bits per heavy atom. The number of hydrogen-bond acceptors (Lipinski definition) is 5. The van der Waals surface area contributed by atoms with Gasteiger partial charge in [0.15, 0.2) is 0 Å². The fraction of sp³-hybridized carbons (Fsp3) is 0.500. The summed E-state index contributed by atoms with van der Waals surface area (Å²) in [6.07, 6.45) is 0.419. The van der Waals surface area contributed by atoms with Gasteiger partial charge in [0, 0.05) is 12.4 Å². The predicted octanol–water partition coefficient (Wildman–Crippen LogP) is 2.34. The van der Waals surface area contributed by atoms with Crippen LogP contribution in [0.3, 0.4) is 0 Å². The number of nitrogens with zero attached hydrogens (tertiary/aromatic N) is 1. The first kappa shape index (κ1) is 13.3. The lowest BCUT2D eigenvalue weighted by molar-refractivity contribution is -0.0335. The summed E-state index contributed by atoms with van der Waals surface area (Å²) < 4.78 is 22.0. The molecule has 1 aromatic heterocycles. The first-order valence-corrected chi connectivity index (χ1v) is 6.85. The minimum Gasteiger partial charge on any atom is -0.363 e. The molecule has 5 nitrogen and oxygen atoms in total. The molecule has 0 aliphatic heterocycles. The second kappa shape index (κ2) is 6.11. The molecule has 1 heterocycles. The normalized spacial score (nSPS) is 16.7. The maximum absolute atomic E-state index is 11.9. The van der Waals surface area contributed by atoms with Crippen LogP contribution >= 0.6 is 7.60 Å². The van der Waals surface area contributed by atoms with Gasteiger partial charge in [-0.25, -0.2) is 0 Å². The molecule has 0 spiro atoms. The molecule has 90 valence electrons. The van der Waals surface area contributed by atoms with Gasteiger partial charge in [-0.3, -0.25) is 14.1 Å². The summed E-state index contributed by atoms with van der Waals surface area (Å²) in [6, 6.07) is 5.03. The molecule has 1 rings (SSSR count). The summed E-state index contributed by atoms with van der Waals surface area (Å²) in [7, 11) is -3.21. The van der Waals surface area contributed by atoms with Crippen molar-refractivity contribution in [2.45, 2.75) is 20.1 Å². The Morgan fingerprint density at radius 3 is 2.75 bits per heavy atom. The van der Waals surface area contributed by atoms with Crippen LogP contribution in [-0.2, 0) is 13.6 Å². The average molecular weight is 245 g/mol. The maximum Gasteiger partial charge on any atom is 0.333 e. The predicted molar refractivity (Wildman–Crippen MR) is 60.1 cm³/mol. The topological polar surface area (TPSA) is 68.7 Å². The lowest BCUT2D eigenvalue weighted by Crippen LogP contribution is -2.06. The van der Waals surface area contributed by atoms with Crippen LogP contribution in [0.15, 0.2) is 24.4 Å². The number of rotatable bonds is 6. The van der Waals surface area contributed by atoms with Crippen LogP contribution in [0, 0.1) is 0 Å². The summed E-state index contributed by atoms with van der Waals surface area (Å²) >= 11 is 0. The molecule has 0 aromatic carbocycles. The number of aliphatic hydroxyl groups is 1. The lowest BCUT2D eigenvalue weighted by atomic mass is 10.3. The van der Waals surface area contributed by atoms with Gasteiger partial charge in [0.25, 0.3) is 0 Å². The van der Waals surface area contributed by atoms with Gasteiger partial charge in [0.1, 0.15) is 0 Å². The van der Waals surface area contributed by atoms with Gasteiger partial charge in [0.2, 0.25) is 6.29 Å². The Balaban J connectivity index is 2.70. The Labute approximate surface area is 95.0 Å². The Hall–Kier alpha value is -0.740. The fourth-order valence-electron chi connectivity index (χ4n) is 1.12. The van der Waals surface area contributed by atoms with Crippen molar-refractivity contribution in [2.75, 3.05) is 12.8 Å². The molecule has 0 amide bonds. The molecular formula is C10H16NO4P. The van der Waals surface area contributed by atoms with Crippen LogP contribution in [-0.4, -0.2) is 22.9 Å². The highest BCUT2D eigenvalue weighted by Gasteiger charge is 2.26. The van der Waals surface area contributed by atoms with Crippen molar-refractivity contribution < 1.29 is 18.7 Å². The monoisotopic (exact) mass is 245 g/mol. The third kappa shape index (κ3) is 3.68. The van der Waals surface area contributed by atoms with Crippen molar-refractivity contribution in [2.24, 2.45) is 0 Å². The van der Waals surface area contributed by atoms with Crippen LogP contribution in [0.4, 0.5) is 0 Å². The van der Waals surface area contributed by atoms with E-state index >= 15 is 0 Å². The van der Waals surface area contributed by atoms with Crippen molar-refractivity contribution >= 4 is 7.60 Å². The average Bonchev–Trinajstić information content (AvgIpc) is 2.30. The molecule has 2 atom stereocenters. The van der Waals surface area contributed by atoms with Gasteiger partial charge in [-0.15, -0.1) is 0 Å². The number of aliphatic hydroxyl groups excluding tert-OH is 1. The third-order valence-corrected chi connectivity index (χ3v) is 3.86.